The average Bonchev–Trinajstić information content (AvgIpc) is 2.68. The highest BCUT2D eigenvalue weighted by Crippen LogP contribution is 2.22. The Kier molecular flexibility index (Phi) is 2.45. The van der Waals surface area contributed by atoms with Gasteiger partial charge in [0.05, 0.1) is 5.69 Å². The molecule has 5 heteroatoms. The monoisotopic (exact) mass is 212 g/mol. The lowest BCUT2D eigenvalue weighted by molar-refractivity contribution is 0.146. The molecule has 2 aromatic rings. The van der Waals surface area contributed by atoms with E-state index in [0.29, 0.717) is 11.3 Å². The number of nitrogens with zero attached hydrogens (tertiary/aromatic N) is 1. The van der Waals surface area contributed by atoms with Gasteiger partial charge in [0, 0.05) is 5.56 Å². The largest absolute Gasteiger partial charge is 0.279 e. The number of H-pyrrole nitrogens is 1. The lowest BCUT2D eigenvalue weighted by atomic mass is 10.1. The van der Waals surface area contributed by atoms with E-state index in [0.717, 1.165) is 0 Å². The van der Waals surface area contributed by atoms with Gasteiger partial charge in [0.1, 0.15) is 11.5 Å². The van der Waals surface area contributed by atoms with Crippen LogP contribution in [0.3, 0.4) is 0 Å². The third-order valence-corrected chi connectivity index (χ3v) is 1.97. The van der Waals surface area contributed by atoms with E-state index in [9.17, 15) is 13.2 Å². The lowest BCUT2D eigenvalue weighted by Gasteiger charge is -1.94. The van der Waals surface area contributed by atoms with Crippen molar-refractivity contribution in [3.05, 3.63) is 41.8 Å². The van der Waals surface area contributed by atoms with E-state index in [1.165, 1.54) is 30.3 Å². The second-order valence-corrected chi connectivity index (χ2v) is 3.02. The molecule has 15 heavy (non-hydrogen) atoms. The minimum absolute atomic E-state index is 0.241. The maximum absolute atomic E-state index is 12.6. The van der Waals surface area contributed by atoms with Crippen molar-refractivity contribution in [1.29, 1.82) is 0 Å². The molecule has 2 rings (SSSR count). The molecule has 0 unspecified atom stereocenters. The topological polar surface area (TPSA) is 28.7 Å². The van der Waals surface area contributed by atoms with Gasteiger partial charge in [-0.2, -0.15) is 5.10 Å². The summed E-state index contributed by atoms with van der Waals surface area (Å²) in [5.74, 6) is -0.372. The average molecular weight is 212 g/mol. The highest BCUT2D eigenvalue weighted by atomic mass is 19.3. The van der Waals surface area contributed by atoms with Gasteiger partial charge < -0.3 is 0 Å². The SMILES string of the molecule is Fc1ccc(-c2cc(C(F)F)[nH]n2)cc1. The third-order valence-electron chi connectivity index (χ3n) is 1.97. The van der Waals surface area contributed by atoms with Crippen molar-refractivity contribution in [3.63, 3.8) is 0 Å². The molecule has 0 saturated carbocycles. The number of benzene rings is 1. The Morgan fingerprint density at radius 1 is 1.13 bits per heavy atom. The fourth-order valence-corrected chi connectivity index (χ4v) is 1.22. The van der Waals surface area contributed by atoms with Crippen LogP contribution in [0.2, 0.25) is 0 Å². The molecule has 0 atom stereocenters. The number of hydrogen-bond donors (Lipinski definition) is 1. The van der Waals surface area contributed by atoms with Crippen LogP contribution in [0.1, 0.15) is 12.1 Å². The number of alkyl halides is 2. The van der Waals surface area contributed by atoms with Gasteiger partial charge in [-0.25, -0.2) is 13.2 Å². The molecule has 78 valence electrons. The van der Waals surface area contributed by atoms with Gasteiger partial charge in [0.15, 0.2) is 0 Å². The molecule has 0 bridgehead atoms. The third kappa shape index (κ3) is 2.01. The summed E-state index contributed by atoms with van der Waals surface area (Å²) in [6.07, 6.45) is -2.58. The number of aromatic nitrogens is 2. The lowest BCUT2D eigenvalue weighted by Crippen LogP contribution is -1.81. The van der Waals surface area contributed by atoms with E-state index in [4.69, 9.17) is 0 Å². The quantitative estimate of drug-likeness (QED) is 0.813. The summed E-state index contributed by atoms with van der Waals surface area (Å²) >= 11 is 0. The second-order valence-electron chi connectivity index (χ2n) is 3.02. The fraction of sp³-hybridized carbons (Fsp3) is 0.100. The zero-order valence-corrected chi connectivity index (χ0v) is 7.55. The van der Waals surface area contributed by atoms with Crippen LogP contribution in [0.15, 0.2) is 30.3 Å². The first-order chi connectivity index (χ1) is 7.16. The minimum Gasteiger partial charge on any atom is -0.276 e. The maximum atomic E-state index is 12.6. The van der Waals surface area contributed by atoms with E-state index >= 15 is 0 Å². The molecular formula is C10H7F3N2. The van der Waals surface area contributed by atoms with Crippen molar-refractivity contribution in [1.82, 2.24) is 10.2 Å². The summed E-state index contributed by atoms with van der Waals surface area (Å²) in [4.78, 5) is 0. The predicted molar refractivity (Wildman–Crippen MR) is 48.9 cm³/mol. The van der Waals surface area contributed by atoms with Crippen molar-refractivity contribution in [2.24, 2.45) is 0 Å². The molecule has 0 saturated heterocycles. The number of halogens is 3. The Morgan fingerprint density at radius 2 is 1.80 bits per heavy atom. The molecule has 0 radical (unpaired) electrons. The van der Waals surface area contributed by atoms with Crippen molar-refractivity contribution in [2.45, 2.75) is 6.43 Å². The molecule has 0 spiro atoms. The Morgan fingerprint density at radius 3 is 2.33 bits per heavy atom. The second kappa shape index (κ2) is 3.76. The van der Waals surface area contributed by atoms with Gasteiger partial charge >= 0.3 is 0 Å². The predicted octanol–water partition coefficient (Wildman–Crippen LogP) is 3.15. The molecule has 1 N–H and O–H groups in total. The molecule has 0 fully saturated rings. The summed E-state index contributed by atoms with van der Waals surface area (Å²) in [6.45, 7) is 0. The van der Waals surface area contributed by atoms with Gasteiger partial charge in [0.2, 0.25) is 0 Å². The number of aromatic amines is 1. The first-order valence-electron chi connectivity index (χ1n) is 4.26. The smallest absolute Gasteiger partial charge is 0.276 e. The van der Waals surface area contributed by atoms with Crippen molar-refractivity contribution in [3.8, 4) is 11.3 Å². The molecule has 1 aromatic heterocycles. The molecule has 0 aliphatic rings. The first-order valence-corrected chi connectivity index (χ1v) is 4.26. The maximum Gasteiger partial charge on any atom is 0.279 e. The molecule has 0 amide bonds. The Hall–Kier alpha value is -1.78. The summed E-state index contributed by atoms with van der Waals surface area (Å²) in [5.41, 5.74) is 0.735. The van der Waals surface area contributed by atoms with Crippen LogP contribution < -0.4 is 0 Å². The van der Waals surface area contributed by atoms with Gasteiger partial charge in [-0.1, -0.05) is 0 Å². The van der Waals surface area contributed by atoms with Crippen LogP contribution in [0.25, 0.3) is 11.3 Å². The molecule has 0 aliphatic heterocycles. The van der Waals surface area contributed by atoms with Crippen LogP contribution in [-0.4, -0.2) is 10.2 Å². The molecule has 2 nitrogen and oxygen atoms in total. The Labute approximate surface area is 83.7 Å². The summed E-state index contributed by atoms with van der Waals surface area (Å²) in [5, 5.41) is 5.93. The summed E-state index contributed by atoms with van der Waals surface area (Å²) < 4.78 is 37.0. The van der Waals surface area contributed by atoms with Crippen LogP contribution >= 0.6 is 0 Å². The zero-order chi connectivity index (χ0) is 10.8. The number of hydrogen-bond acceptors (Lipinski definition) is 1. The van der Waals surface area contributed by atoms with Gasteiger partial charge in [-0.05, 0) is 30.3 Å². The van der Waals surface area contributed by atoms with Crippen LogP contribution in [0.5, 0.6) is 0 Å². The molecule has 1 heterocycles. The van der Waals surface area contributed by atoms with E-state index in [1.54, 1.807) is 0 Å². The Bertz CT molecular complexity index is 448. The highest BCUT2D eigenvalue weighted by molar-refractivity contribution is 5.59. The van der Waals surface area contributed by atoms with E-state index in [2.05, 4.69) is 10.2 Å². The summed E-state index contributed by atoms with van der Waals surface area (Å²) in [6, 6.07) is 6.73. The van der Waals surface area contributed by atoms with Crippen LogP contribution in [0, 0.1) is 5.82 Å². The number of rotatable bonds is 2. The first kappa shape index (κ1) is 9.76. The van der Waals surface area contributed by atoms with Gasteiger partial charge in [-0.15, -0.1) is 0 Å². The minimum atomic E-state index is -2.58. The zero-order valence-electron chi connectivity index (χ0n) is 7.55. The molecule has 0 aliphatic carbocycles. The van der Waals surface area contributed by atoms with Crippen LogP contribution in [0.4, 0.5) is 13.2 Å². The van der Waals surface area contributed by atoms with Gasteiger partial charge in [0.25, 0.3) is 6.43 Å². The summed E-state index contributed by atoms with van der Waals surface area (Å²) in [7, 11) is 0. The van der Waals surface area contributed by atoms with Crippen LogP contribution in [-0.2, 0) is 0 Å². The number of nitrogens with one attached hydrogen (secondary N) is 1. The fourth-order valence-electron chi connectivity index (χ4n) is 1.22. The van der Waals surface area contributed by atoms with E-state index in [-0.39, 0.29) is 11.5 Å². The standard InChI is InChI=1S/C10H7F3N2/c11-7-3-1-6(2-4-7)8-5-9(10(12)13)15-14-8/h1-5,10H,(H,14,15). The van der Waals surface area contributed by atoms with E-state index in [1.807, 2.05) is 0 Å². The van der Waals surface area contributed by atoms with Crippen molar-refractivity contribution < 1.29 is 13.2 Å². The van der Waals surface area contributed by atoms with Gasteiger partial charge in [-0.3, -0.25) is 5.10 Å². The highest BCUT2D eigenvalue weighted by Gasteiger charge is 2.11. The Balaban J connectivity index is 2.33. The van der Waals surface area contributed by atoms with Crippen molar-refractivity contribution >= 4 is 0 Å². The normalized spacial score (nSPS) is 10.9. The molecule has 1 aromatic carbocycles. The molecular weight excluding hydrogens is 205 g/mol. The van der Waals surface area contributed by atoms with Crippen molar-refractivity contribution in [2.75, 3.05) is 0 Å². The van der Waals surface area contributed by atoms with E-state index < -0.39 is 6.43 Å².